The molecule has 0 aliphatic rings. The minimum absolute atomic E-state index is 0. The van der Waals surface area contributed by atoms with Crippen molar-refractivity contribution < 1.29 is 141 Å². The third-order valence-electron chi connectivity index (χ3n) is 0. The topological polar surface area (TPSA) is 166 Å². The van der Waals surface area contributed by atoms with Gasteiger partial charge in [-0.2, -0.15) is 0 Å². The van der Waals surface area contributed by atoms with Gasteiger partial charge in [0.25, 0.3) is 0 Å². The van der Waals surface area contributed by atoms with Crippen LogP contribution >= 0.6 is 0 Å². The van der Waals surface area contributed by atoms with E-state index in [1.807, 2.05) is 0 Å². The average molecular weight is 490 g/mol. The molecule has 0 aliphatic carbocycles. The molecule has 0 unspecified atom stereocenters. The van der Waals surface area contributed by atoms with Crippen molar-refractivity contribution in [2.24, 2.45) is 0 Å². The van der Waals surface area contributed by atoms with E-state index in [0.717, 1.165) is 0 Å². The molecule has 0 aromatic rings. The summed E-state index contributed by atoms with van der Waals surface area (Å²) in [6.45, 7) is 0. The second-order valence-corrected chi connectivity index (χ2v) is 0.204. The molecule has 9 nitrogen and oxygen atoms in total. The maximum absolute atomic E-state index is 7.88. The first kappa shape index (κ1) is 29.2. The average Bonchev–Trinajstić information content (AvgIpc) is 1.70. The number of hydrogen-bond donors (Lipinski definition) is 0. The molecule has 11 heavy (non-hydrogen) atoms. The largest absolute Gasteiger partial charge is 3.00 e. The van der Waals surface area contributed by atoms with Gasteiger partial charge in [0.2, 0.25) is 0 Å². The van der Waals surface area contributed by atoms with Crippen molar-refractivity contribution in [2.45, 2.75) is 0 Å². The summed E-state index contributed by atoms with van der Waals surface area (Å²) in [5, 5.41) is 52.5. The van der Waals surface area contributed by atoms with Gasteiger partial charge in [-0.3, -0.25) is 0 Å². The summed E-state index contributed by atoms with van der Waals surface area (Å²) in [5.41, 5.74) is 0. The van der Waals surface area contributed by atoms with E-state index < -0.39 is 0 Å². The Kier molecular flexibility index (Phi) is 142. The van der Waals surface area contributed by atoms with Crippen molar-refractivity contribution in [1.82, 2.24) is 0 Å². The van der Waals surface area contributed by atoms with Crippen LogP contribution in [0.3, 0.4) is 0 Å². The van der Waals surface area contributed by atoms with Crippen LogP contribution in [-0.2, 0) is 15.1 Å². The Morgan fingerprint density at radius 3 is 0.455 bits per heavy atom. The molecule has 0 saturated heterocycles. The Hall–Kier alpha value is 2.68. The number of rotatable bonds is 0. The summed E-state index contributed by atoms with van der Waals surface area (Å²) in [4.78, 5) is 0. The van der Waals surface area contributed by atoms with Gasteiger partial charge in [0.05, 0.1) is 0 Å². The molecule has 0 bridgehead atoms. The third kappa shape index (κ3) is 201. The van der Waals surface area contributed by atoms with E-state index in [1.165, 1.54) is 0 Å². The van der Waals surface area contributed by atoms with E-state index in [-0.39, 0.29) is 93.8 Å². The minimum atomic E-state index is 0. The molecule has 0 saturated carbocycles. The van der Waals surface area contributed by atoms with Gasteiger partial charge in [0.15, 0.2) is 0 Å². The molecule has 82 valence electrons. The van der Waals surface area contributed by atoms with Crippen LogP contribution in [0, 0.1) is 93.8 Å². The van der Waals surface area contributed by atoms with E-state index in [9.17, 15) is 0 Å². The Labute approximate surface area is 138 Å². The van der Waals surface area contributed by atoms with Crippen molar-refractivity contribution in [2.75, 3.05) is 0 Å². The van der Waals surface area contributed by atoms with Gasteiger partial charge in [-0.1, -0.05) is 0 Å². The smallest absolute Gasteiger partial charge is 0.734 e. The van der Waals surface area contributed by atoms with Crippen molar-refractivity contribution in [3.63, 3.8) is 0 Å². The van der Waals surface area contributed by atoms with Crippen molar-refractivity contribution >= 4 is 0 Å². The molecule has 0 fully saturated rings. The predicted molar refractivity (Wildman–Crippen MR) is 3.25 cm³/mol. The molecule has 0 aliphatic heterocycles. The first-order valence-corrected chi connectivity index (χ1v) is 1.00. The molecule has 0 atom stereocenters. The quantitative estimate of drug-likeness (QED) is 0.237. The van der Waals surface area contributed by atoms with Crippen LogP contribution in [0.15, 0.2) is 0 Å². The first-order valence-electron chi connectivity index (χ1n) is 1.00. The van der Waals surface area contributed by atoms with Crippen LogP contribution in [0.4, 0.5) is 0 Å². The second kappa shape index (κ2) is 53.6. The molecule has 0 aromatic heterocycles. The zero-order valence-corrected chi connectivity index (χ0v) is 7.64. The molecule has 0 N–H and O–H groups in total. The number of hydrogen-bond acceptors (Lipinski definition) is 9. The summed E-state index contributed by atoms with van der Waals surface area (Å²) in [6.07, 6.45) is 0. The van der Waals surface area contributed by atoms with Crippen LogP contribution in [0.2, 0.25) is 0 Å². The zero-order valence-electron chi connectivity index (χ0n) is 4.21. The third-order valence-corrected chi connectivity index (χ3v) is 0. The van der Waals surface area contributed by atoms with E-state index in [1.54, 1.807) is 15.1 Å². The fraction of sp³-hybridized carbons (Fsp3) is 0. The summed E-state index contributed by atoms with van der Waals surface area (Å²) >= 11 is 0. The van der Waals surface area contributed by atoms with E-state index in [4.69, 9.17) is 31.5 Å². The fourth-order valence-electron chi connectivity index (χ4n) is 0. The predicted octanol–water partition coefficient (Wildman–Crippen LogP) is -7.34. The molecule has 0 aromatic carbocycles. The standard InChI is InChI=1S/3H2O3.2Yb/c3*1-3-2;;/h3*1-2H;;/q;;;2*+3/p-6. The van der Waals surface area contributed by atoms with Crippen molar-refractivity contribution in [1.29, 1.82) is 0 Å². The fourth-order valence-corrected chi connectivity index (χ4v) is 0. The van der Waals surface area contributed by atoms with Gasteiger partial charge >= 0.3 is 93.8 Å². The normalized spacial score (nSPS) is 4.91. The summed E-state index contributed by atoms with van der Waals surface area (Å²) in [7, 11) is 0. The molecule has 0 spiro atoms. The summed E-state index contributed by atoms with van der Waals surface area (Å²) in [6, 6.07) is 0. The van der Waals surface area contributed by atoms with Gasteiger partial charge in [-0.25, -0.2) is 0 Å². The zero-order chi connectivity index (χ0) is 8.12. The molecule has 0 rings (SSSR count). The van der Waals surface area contributed by atoms with Gasteiger partial charge in [-0.05, 0) is 0 Å². The van der Waals surface area contributed by atoms with E-state index >= 15 is 0 Å². The van der Waals surface area contributed by atoms with Crippen LogP contribution in [0.5, 0.6) is 0 Å². The molecular weight excluding hydrogens is 490 g/mol. The van der Waals surface area contributed by atoms with Gasteiger partial charge in [0, 0.05) is 0 Å². The maximum atomic E-state index is 7.88. The van der Waals surface area contributed by atoms with Crippen LogP contribution in [0.1, 0.15) is 0 Å². The van der Waals surface area contributed by atoms with E-state index in [2.05, 4.69) is 0 Å². The van der Waals surface area contributed by atoms with Gasteiger partial charge in [0.1, 0.15) is 0 Å². The molecule has 11 heteroatoms. The molecule has 0 heterocycles. The molecule has 2 radical (unpaired) electrons. The van der Waals surface area contributed by atoms with Crippen molar-refractivity contribution in [3.05, 3.63) is 0 Å². The summed E-state index contributed by atoms with van der Waals surface area (Å²) in [5.74, 6) is 0. The monoisotopic (exact) mass is 492 g/mol. The maximum Gasteiger partial charge on any atom is 3.00 e. The van der Waals surface area contributed by atoms with Gasteiger partial charge in [-0.15, -0.1) is 0 Å². The van der Waals surface area contributed by atoms with Crippen LogP contribution in [-0.4, -0.2) is 0 Å². The Balaban J connectivity index is -0.0000000150. The Bertz CT molecular complexity index is 12.3. The second-order valence-electron chi connectivity index (χ2n) is 0.204. The van der Waals surface area contributed by atoms with Gasteiger partial charge < -0.3 is 46.7 Å². The minimum Gasteiger partial charge on any atom is -0.734 e. The first-order chi connectivity index (χ1) is 4.24. The Morgan fingerprint density at radius 2 is 0.455 bits per heavy atom. The summed E-state index contributed by atoms with van der Waals surface area (Å²) < 4.78 is 0. The SMILES string of the molecule is [O-]O[O-].[O-]O[O-].[O-]O[O-].[Yb+3].[Yb+3]. The Morgan fingerprint density at radius 1 is 0.455 bits per heavy atom. The van der Waals surface area contributed by atoms with Crippen molar-refractivity contribution in [3.8, 4) is 0 Å². The molecule has 0 amide bonds. The van der Waals surface area contributed by atoms with E-state index in [0.29, 0.717) is 0 Å². The van der Waals surface area contributed by atoms with Crippen LogP contribution in [0.25, 0.3) is 0 Å². The molecular formula is O9Yb2. The van der Waals surface area contributed by atoms with Crippen LogP contribution < -0.4 is 31.5 Å².